The summed E-state index contributed by atoms with van der Waals surface area (Å²) < 4.78 is 0. The van der Waals surface area contributed by atoms with Crippen LogP contribution in [-0.4, -0.2) is 11.8 Å². The van der Waals surface area contributed by atoms with Crippen LogP contribution in [0.25, 0.3) is 0 Å². The number of fused-ring (bicyclic) bond motifs is 1. The van der Waals surface area contributed by atoms with Gasteiger partial charge in [-0.25, -0.2) is 0 Å². The SMILES string of the molecule is CC(C)(C)[C@@H](NC(=O)CC[C@H]1Cc2ccccc2NC1=O)c1ccccc1. The van der Waals surface area contributed by atoms with Gasteiger partial charge in [0, 0.05) is 18.0 Å². The van der Waals surface area contributed by atoms with Gasteiger partial charge in [0.2, 0.25) is 11.8 Å². The lowest BCUT2D eigenvalue weighted by Gasteiger charge is -2.32. The van der Waals surface area contributed by atoms with Crippen molar-refractivity contribution in [2.75, 3.05) is 5.32 Å². The summed E-state index contributed by atoms with van der Waals surface area (Å²) in [5.41, 5.74) is 3.03. The Balaban J connectivity index is 1.61. The second kappa shape index (κ2) is 7.95. The lowest BCUT2D eigenvalue weighted by Crippen LogP contribution is -2.37. The van der Waals surface area contributed by atoms with Gasteiger partial charge in [-0.05, 0) is 35.4 Å². The Kier molecular flexibility index (Phi) is 5.64. The first-order valence-corrected chi connectivity index (χ1v) is 9.57. The molecule has 0 fully saturated rings. The van der Waals surface area contributed by atoms with E-state index in [2.05, 4.69) is 31.4 Å². The molecular formula is C23H28N2O2. The molecule has 0 unspecified atom stereocenters. The van der Waals surface area contributed by atoms with E-state index in [0.717, 1.165) is 16.8 Å². The Morgan fingerprint density at radius 2 is 1.78 bits per heavy atom. The predicted octanol–water partition coefficient (Wildman–Crippen LogP) is 4.48. The number of para-hydroxylation sites is 1. The number of rotatable bonds is 5. The van der Waals surface area contributed by atoms with Crippen LogP contribution in [0.5, 0.6) is 0 Å². The highest BCUT2D eigenvalue weighted by atomic mass is 16.2. The predicted molar refractivity (Wildman–Crippen MR) is 108 cm³/mol. The minimum Gasteiger partial charge on any atom is -0.349 e. The molecule has 0 aliphatic carbocycles. The van der Waals surface area contributed by atoms with Crippen molar-refractivity contribution in [1.82, 2.24) is 5.32 Å². The van der Waals surface area contributed by atoms with Crippen molar-refractivity contribution in [3.8, 4) is 0 Å². The van der Waals surface area contributed by atoms with Gasteiger partial charge >= 0.3 is 0 Å². The number of benzene rings is 2. The van der Waals surface area contributed by atoms with Crippen LogP contribution in [-0.2, 0) is 16.0 Å². The van der Waals surface area contributed by atoms with Gasteiger partial charge in [0.1, 0.15) is 0 Å². The zero-order chi connectivity index (χ0) is 19.4. The highest BCUT2D eigenvalue weighted by Crippen LogP contribution is 2.33. The summed E-state index contributed by atoms with van der Waals surface area (Å²) in [5, 5.41) is 6.13. The zero-order valence-corrected chi connectivity index (χ0v) is 16.3. The van der Waals surface area contributed by atoms with E-state index in [1.54, 1.807) is 0 Å². The molecule has 1 aliphatic heterocycles. The molecule has 0 radical (unpaired) electrons. The van der Waals surface area contributed by atoms with E-state index in [4.69, 9.17) is 0 Å². The van der Waals surface area contributed by atoms with E-state index >= 15 is 0 Å². The number of carbonyl (C=O) groups is 2. The third-order valence-electron chi connectivity index (χ3n) is 5.14. The van der Waals surface area contributed by atoms with E-state index < -0.39 is 0 Å². The molecule has 1 heterocycles. The van der Waals surface area contributed by atoms with E-state index in [-0.39, 0.29) is 29.2 Å². The standard InChI is InChI=1S/C23H28N2O2/c1-23(2,3)21(16-9-5-4-6-10-16)25-20(26)14-13-18-15-17-11-7-8-12-19(17)24-22(18)27/h4-12,18,21H,13-15H2,1-3H3,(H,24,27)(H,25,26)/t18-,21-/m0/s1. The van der Waals surface area contributed by atoms with Crippen LogP contribution in [0.15, 0.2) is 54.6 Å². The van der Waals surface area contributed by atoms with Crippen LogP contribution in [0.3, 0.4) is 0 Å². The smallest absolute Gasteiger partial charge is 0.227 e. The zero-order valence-electron chi connectivity index (χ0n) is 16.3. The maximum absolute atomic E-state index is 12.6. The molecule has 2 aromatic carbocycles. The molecule has 1 aliphatic rings. The molecule has 2 aromatic rings. The fourth-order valence-corrected chi connectivity index (χ4v) is 3.63. The highest BCUT2D eigenvalue weighted by molar-refractivity contribution is 5.96. The monoisotopic (exact) mass is 364 g/mol. The molecule has 4 heteroatoms. The lowest BCUT2D eigenvalue weighted by molar-refractivity contribution is -0.124. The van der Waals surface area contributed by atoms with Crippen LogP contribution in [0.4, 0.5) is 5.69 Å². The maximum atomic E-state index is 12.6. The van der Waals surface area contributed by atoms with Gasteiger partial charge < -0.3 is 10.6 Å². The third-order valence-corrected chi connectivity index (χ3v) is 5.14. The molecule has 0 bridgehead atoms. The molecule has 0 saturated carbocycles. The first kappa shape index (κ1) is 19.2. The number of amides is 2. The summed E-state index contributed by atoms with van der Waals surface area (Å²) in [4.78, 5) is 25.0. The molecule has 2 atom stereocenters. The van der Waals surface area contributed by atoms with E-state index in [0.29, 0.717) is 19.3 Å². The Bertz CT molecular complexity index is 809. The highest BCUT2D eigenvalue weighted by Gasteiger charge is 2.29. The van der Waals surface area contributed by atoms with Gasteiger partial charge in [0.05, 0.1) is 6.04 Å². The molecule has 2 amide bonds. The summed E-state index contributed by atoms with van der Waals surface area (Å²) >= 11 is 0. The second-order valence-electron chi connectivity index (χ2n) is 8.36. The normalized spacial score (nSPS) is 17.6. The van der Waals surface area contributed by atoms with Crippen molar-refractivity contribution in [3.05, 3.63) is 65.7 Å². The van der Waals surface area contributed by atoms with Crippen LogP contribution >= 0.6 is 0 Å². The fraction of sp³-hybridized carbons (Fsp3) is 0.391. The average Bonchev–Trinajstić information content (AvgIpc) is 2.64. The Labute approximate surface area is 161 Å². The molecule has 142 valence electrons. The van der Waals surface area contributed by atoms with Crippen LogP contribution in [0.2, 0.25) is 0 Å². The molecule has 4 nitrogen and oxygen atoms in total. The van der Waals surface area contributed by atoms with Crippen LogP contribution in [0.1, 0.15) is 50.8 Å². The molecule has 0 spiro atoms. The van der Waals surface area contributed by atoms with Crippen LogP contribution < -0.4 is 10.6 Å². The molecule has 0 saturated heterocycles. The number of hydrogen-bond acceptors (Lipinski definition) is 2. The summed E-state index contributed by atoms with van der Waals surface area (Å²) in [7, 11) is 0. The van der Waals surface area contributed by atoms with Gasteiger partial charge in [-0.15, -0.1) is 0 Å². The quantitative estimate of drug-likeness (QED) is 0.822. The summed E-state index contributed by atoms with van der Waals surface area (Å²) in [6.07, 6.45) is 1.59. The number of carbonyl (C=O) groups excluding carboxylic acids is 2. The van der Waals surface area contributed by atoms with Crippen molar-refractivity contribution in [2.45, 2.75) is 46.1 Å². The summed E-state index contributed by atoms with van der Waals surface area (Å²) in [6, 6.07) is 17.8. The van der Waals surface area contributed by atoms with E-state index in [9.17, 15) is 9.59 Å². The minimum atomic E-state index is -0.157. The summed E-state index contributed by atoms with van der Waals surface area (Å²) in [6.45, 7) is 6.36. The average molecular weight is 364 g/mol. The van der Waals surface area contributed by atoms with E-state index in [1.165, 1.54) is 0 Å². The summed E-state index contributed by atoms with van der Waals surface area (Å²) in [5.74, 6) is -0.155. The fourth-order valence-electron chi connectivity index (χ4n) is 3.63. The first-order chi connectivity index (χ1) is 12.8. The number of nitrogens with one attached hydrogen (secondary N) is 2. The number of anilines is 1. The molecular weight excluding hydrogens is 336 g/mol. The van der Waals surface area contributed by atoms with Crippen molar-refractivity contribution in [1.29, 1.82) is 0 Å². The first-order valence-electron chi connectivity index (χ1n) is 9.57. The van der Waals surface area contributed by atoms with Crippen molar-refractivity contribution < 1.29 is 9.59 Å². The minimum absolute atomic E-state index is 0.00885. The Hall–Kier alpha value is -2.62. The van der Waals surface area contributed by atoms with Gasteiger partial charge in [-0.1, -0.05) is 69.3 Å². The van der Waals surface area contributed by atoms with Crippen molar-refractivity contribution in [3.63, 3.8) is 0 Å². The lowest BCUT2D eigenvalue weighted by atomic mass is 9.82. The molecule has 0 aromatic heterocycles. The van der Waals surface area contributed by atoms with Gasteiger partial charge in [0.15, 0.2) is 0 Å². The maximum Gasteiger partial charge on any atom is 0.227 e. The van der Waals surface area contributed by atoms with Crippen LogP contribution in [0, 0.1) is 11.3 Å². The molecule has 27 heavy (non-hydrogen) atoms. The molecule has 3 rings (SSSR count). The van der Waals surface area contributed by atoms with E-state index in [1.807, 2.05) is 54.6 Å². The van der Waals surface area contributed by atoms with Gasteiger partial charge in [0.25, 0.3) is 0 Å². The van der Waals surface area contributed by atoms with Gasteiger partial charge in [-0.2, -0.15) is 0 Å². The van der Waals surface area contributed by atoms with Crippen molar-refractivity contribution >= 4 is 17.5 Å². The largest absolute Gasteiger partial charge is 0.349 e. The number of hydrogen-bond donors (Lipinski definition) is 2. The second-order valence-corrected chi connectivity index (χ2v) is 8.36. The third kappa shape index (κ3) is 4.76. The molecule has 2 N–H and O–H groups in total. The Morgan fingerprint density at radius 3 is 2.48 bits per heavy atom. The topological polar surface area (TPSA) is 58.2 Å². The van der Waals surface area contributed by atoms with Crippen molar-refractivity contribution in [2.24, 2.45) is 11.3 Å². The van der Waals surface area contributed by atoms with Gasteiger partial charge in [-0.3, -0.25) is 9.59 Å². The Morgan fingerprint density at radius 1 is 1.11 bits per heavy atom.